The minimum Gasteiger partial charge on any atom is -0.496 e. The summed E-state index contributed by atoms with van der Waals surface area (Å²) in [6.07, 6.45) is 3.41. The van der Waals surface area contributed by atoms with E-state index in [4.69, 9.17) is 17.0 Å². The predicted molar refractivity (Wildman–Crippen MR) is 123 cm³/mol. The van der Waals surface area contributed by atoms with Crippen LogP contribution in [0.2, 0.25) is 0 Å². The number of hydrogen-bond acceptors (Lipinski definition) is 5. The molecular weight excluding hydrogens is 458 g/mol. The predicted octanol–water partition coefficient (Wildman–Crippen LogP) is 5.54. The van der Waals surface area contributed by atoms with Gasteiger partial charge >= 0.3 is 0 Å². The quantitative estimate of drug-likeness (QED) is 0.456. The number of hydrogen-bond donors (Lipinski definition) is 2. The molecule has 3 rings (SSSR count). The highest BCUT2D eigenvalue weighted by atomic mass is 79.9. The van der Waals surface area contributed by atoms with E-state index in [0.717, 1.165) is 21.1 Å². The number of carbonyl (C=O) groups is 1. The van der Waals surface area contributed by atoms with Gasteiger partial charge in [0.2, 0.25) is 0 Å². The zero-order chi connectivity index (χ0) is 20.1. The number of fused-ring (bicyclic) bond motifs is 1. The molecule has 0 unspecified atom stereocenters. The molecule has 1 heterocycles. The standard InChI is InChI=1S/C20H20BrN3O2S2/c1-3-4-5-12-6-8-15-17(10-12)28-20(22-15)24-19(27)23-18(25)14-11-13(21)7-9-16(14)26-2/h6-11H,3-5H2,1-2H3,(H2,22,23,24,25,27). The number of thiazole rings is 1. The first-order chi connectivity index (χ1) is 13.5. The number of nitrogens with zero attached hydrogens (tertiary/aromatic N) is 1. The molecule has 0 aliphatic carbocycles. The molecule has 0 saturated carbocycles. The van der Waals surface area contributed by atoms with E-state index >= 15 is 0 Å². The second kappa shape index (κ2) is 9.45. The van der Waals surface area contributed by atoms with Gasteiger partial charge in [0.05, 0.1) is 22.9 Å². The van der Waals surface area contributed by atoms with Crippen molar-refractivity contribution in [1.82, 2.24) is 10.3 Å². The molecular formula is C20H20BrN3O2S2. The Morgan fingerprint density at radius 2 is 2.11 bits per heavy atom. The number of methoxy groups -OCH3 is 1. The molecule has 0 aliphatic heterocycles. The largest absolute Gasteiger partial charge is 0.496 e. The van der Waals surface area contributed by atoms with Crippen molar-refractivity contribution in [3.63, 3.8) is 0 Å². The maximum absolute atomic E-state index is 12.5. The van der Waals surface area contributed by atoms with Gasteiger partial charge in [0, 0.05) is 4.47 Å². The second-order valence-corrected chi connectivity index (χ2v) is 8.53. The topological polar surface area (TPSA) is 63.2 Å². The normalized spacial score (nSPS) is 10.7. The Morgan fingerprint density at radius 1 is 1.29 bits per heavy atom. The zero-order valence-corrected chi connectivity index (χ0v) is 18.8. The molecule has 0 fully saturated rings. The summed E-state index contributed by atoms with van der Waals surface area (Å²) in [6, 6.07) is 11.5. The monoisotopic (exact) mass is 477 g/mol. The van der Waals surface area contributed by atoms with Crippen molar-refractivity contribution < 1.29 is 9.53 Å². The summed E-state index contributed by atoms with van der Waals surface area (Å²) in [5.41, 5.74) is 2.61. The lowest BCUT2D eigenvalue weighted by molar-refractivity contribution is 0.0974. The average molecular weight is 478 g/mol. The first-order valence-electron chi connectivity index (χ1n) is 8.85. The molecule has 5 nitrogen and oxygen atoms in total. The van der Waals surface area contributed by atoms with E-state index in [0.29, 0.717) is 16.4 Å². The summed E-state index contributed by atoms with van der Waals surface area (Å²) < 4.78 is 7.12. The smallest absolute Gasteiger partial charge is 0.261 e. The lowest BCUT2D eigenvalue weighted by atomic mass is 10.1. The van der Waals surface area contributed by atoms with Gasteiger partial charge in [-0.2, -0.15) is 0 Å². The van der Waals surface area contributed by atoms with Gasteiger partial charge in [-0.3, -0.25) is 10.1 Å². The van der Waals surface area contributed by atoms with Crippen molar-refractivity contribution in [2.45, 2.75) is 26.2 Å². The Kier molecular flexibility index (Phi) is 6.98. The molecule has 2 N–H and O–H groups in total. The van der Waals surface area contributed by atoms with Gasteiger partial charge < -0.3 is 10.1 Å². The highest BCUT2D eigenvalue weighted by molar-refractivity contribution is 9.10. The molecule has 2 aromatic carbocycles. The molecule has 28 heavy (non-hydrogen) atoms. The number of aromatic nitrogens is 1. The van der Waals surface area contributed by atoms with Crippen molar-refractivity contribution >= 4 is 65.9 Å². The fraction of sp³-hybridized carbons (Fsp3) is 0.250. The van der Waals surface area contributed by atoms with E-state index in [1.807, 2.05) is 12.1 Å². The van der Waals surface area contributed by atoms with Gasteiger partial charge in [0.25, 0.3) is 5.91 Å². The third kappa shape index (κ3) is 5.06. The van der Waals surface area contributed by atoms with Crippen molar-refractivity contribution in [1.29, 1.82) is 0 Å². The third-order valence-corrected chi connectivity index (χ3v) is 5.76. The zero-order valence-electron chi connectivity index (χ0n) is 15.5. The highest BCUT2D eigenvalue weighted by Crippen LogP contribution is 2.27. The van der Waals surface area contributed by atoms with Crippen LogP contribution in [0.1, 0.15) is 35.7 Å². The number of amides is 1. The van der Waals surface area contributed by atoms with Crippen LogP contribution in [0.3, 0.4) is 0 Å². The van der Waals surface area contributed by atoms with Crippen LogP contribution in [0, 0.1) is 0 Å². The van der Waals surface area contributed by atoms with Crippen LogP contribution in [-0.2, 0) is 6.42 Å². The van der Waals surface area contributed by atoms with Crippen LogP contribution >= 0.6 is 39.5 Å². The van der Waals surface area contributed by atoms with Crippen LogP contribution in [0.5, 0.6) is 5.75 Å². The molecule has 3 aromatic rings. The highest BCUT2D eigenvalue weighted by Gasteiger charge is 2.15. The number of benzene rings is 2. The Morgan fingerprint density at radius 3 is 2.86 bits per heavy atom. The van der Waals surface area contributed by atoms with Crippen molar-refractivity contribution in [3.05, 3.63) is 52.0 Å². The maximum Gasteiger partial charge on any atom is 0.261 e. The van der Waals surface area contributed by atoms with Gasteiger partial charge in [-0.1, -0.05) is 46.7 Å². The minimum absolute atomic E-state index is 0.192. The number of halogens is 1. The molecule has 1 amide bonds. The van der Waals surface area contributed by atoms with Crippen molar-refractivity contribution in [3.8, 4) is 5.75 Å². The van der Waals surface area contributed by atoms with Gasteiger partial charge in [-0.25, -0.2) is 4.98 Å². The summed E-state index contributed by atoms with van der Waals surface area (Å²) in [5.74, 6) is 0.127. The summed E-state index contributed by atoms with van der Waals surface area (Å²) in [7, 11) is 1.52. The number of ether oxygens (including phenoxy) is 1. The van der Waals surface area contributed by atoms with E-state index < -0.39 is 0 Å². The average Bonchev–Trinajstić information content (AvgIpc) is 3.07. The van der Waals surface area contributed by atoms with Crippen molar-refractivity contribution in [2.75, 3.05) is 12.4 Å². The molecule has 1 aromatic heterocycles. The Hall–Kier alpha value is -2.03. The van der Waals surface area contributed by atoms with E-state index in [2.05, 4.69) is 50.6 Å². The molecule has 0 aliphatic rings. The van der Waals surface area contributed by atoms with E-state index in [-0.39, 0.29) is 11.0 Å². The first-order valence-corrected chi connectivity index (χ1v) is 10.9. The van der Waals surface area contributed by atoms with Gasteiger partial charge in [-0.15, -0.1) is 0 Å². The van der Waals surface area contributed by atoms with E-state index in [1.165, 1.54) is 36.9 Å². The number of thiocarbonyl (C=S) groups is 1. The van der Waals surface area contributed by atoms with Crippen LogP contribution < -0.4 is 15.4 Å². The van der Waals surface area contributed by atoms with Crippen LogP contribution in [-0.4, -0.2) is 23.1 Å². The fourth-order valence-electron chi connectivity index (χ4n) is 2.72. The van der Waals surface area contributed by atoms with Crippen LogP contribution in [0.15, 0.2) is 40.9 Å². The fourth-order valence-corrected chi connectivity index (χ4v) is 4.26. The molecule has 0 bridgehead atoms. The summed E-state index contributed by atoms with van der Waals surface area (Å²) >= 11 is 10.2. The Balaban J connectivity index is 1.69. The maximum atomic E-state index is 12.5. The lowest BCUT2D eigenvalue weighted by Crippen LogP contribution is -2.34. The second-order valence-electron chi connectivity index (χ2n) is 6.18. The number of aryl methyl sites for hydroxylation is 1. The summed E-state index contributed by atoms with van der Waals surface area (Å²) in [5, 5.41) is 6.52. The molecule has 8 heteroatoms. The number of unbranched alkanes of at least 4 members (excludes halogenated alkanes) is 1. The molecule has 0 radical (unpaired) electrons. The van der Waals surface area contributed by atoms with Gasteiger partial charge in [0.15, 0.2) is 10.2 Å². The number of rotatable bonds is 6. The summed E-state index contributed by atoms with van der Waals surface area (Å²) in [4.78, 5) is 17.1. The SMILES string of the molecule is CCCCc1ccc2nc(NC(=S)NC(=O)c3cc(Br)ccc3OC)sc2c1. The van der Waals surface area contributed by atoms with Gasteiger partial charge in [0.1, 0.15) is 5.75 Å². The number of carbonyl (C=O) groups excluding carboxylic acids is 1. The van der Waals surface area contributed by atoms with Crippen molar-refractivity contribution in [2.24, 2.45) is 0 Å². The van der Waals surface area contributed by atoms with Crippen LogP contribution in [0.25, 0.3) is 10.2 Å². The number of anilines is 1. The van der Waals surface area contributed by atoms with E-state index in [1.54, 1.807) is 12.1 Å². The first kappa shape index (κ1) is 20.7. The van der Waals surface area contributed by atoms with Gasteiger partial charge in [-0.05, 0) is 61.0 Å². The third-order valence-electron chi connectivity index (χ3n) is 4.13. The molecule has 146 valence electrons. The molecule has 0 atom stereocenters. The van der Waals surface area contributed by atoms with Crippen LogP contribution in [0.4, 0.5) is 5.13 Å². The molecule has 0 saturated heterocycles. The Bertz CT molecular complexity index is 1020. The number of nitrogens with one attached hydrogen (secondary N) is 2. The Labute approximate surface area is 181 Å². The lowest BCUT2D eigenvalue weighted by Gasteiger charge is -2.10. The minimum atomic E-state index is -0.349. The van der Waals surface area contributed by atoms with E-state index in [9.17, 15) is 4.79 Å². The summed E-state index contributed by atoms with van der Waals surface area (Å²) in [6.45, 7) is 2.19. The molecule has 0 spiro atoms.